The fourth-order valence-electron chi connectivity index (χ4n) is 1.84. The van der Waals surface area contributed by atoms with Gasteiger partial charge in [0.2, 0.25) is 0 Å². The van der Waals surface area contributed by atoms with Crippen LogP contribution in [0.15, 0.2) is 22.3 Å². The SMILES string of the molecule is CC1(C)OB(C(F)=Cc2c(I)ccc(F)c2Br)OC1(C)C. The van der Waals surface area contributed by atoms with Gasteiger partial charge >= 0.3 is 7.12 Å². The molecule has 0 spiro atoms. The predicted molar refractivity (Wildman–Crippen MR) is 92.0 cm³/mol. The highest BCUT2D eigenvalue weighted by atomic mass is 127. The van der Waals surface area contributed by atoms with Gasteiger partial charge in [0.05, 0.1) is 15.7 Å². The molecular formula is C14H15BBrF2IO2. The summed E-state index contributed by atoms with van der Waals surface area (Å²) in [7, 11) is -1.08. The molecule has 0 radical (unpaired) electrons. The maximum Gasteiger partial charge on any atom is 0.525 e. The van der Waals surface area contributed by atoms with Crippen molar-refractivity contribution in [2.75, 3.05) is 0 Å². The second-order valence-electron chi connectivity index (χ2n) is 5.87. The fraction of sp³-hybridized carbons (Fsp3) is 0.429. The molecule has 0 aliphatic carbocycles. The highest BCUT2D eigenvalue weighted by Crippen LogP contribution is 2.39. The number of hydrogen-bond acceptors (Lipinski definition) is 2. The lowest BCUT2D eigenvalue weighted by atomic mass is 9.87. The Morgan fingerprint density at radius 2 is 1.76 bits per heavy atom. The summed E-state index contributed by atoms with van der Waals surface area (Å²) in [5.41, 5.74) is -1.38. The Morgan fingerprint density at radius 3 is 2.29 bits per heavy atom. The number of halogens is 4. The maximum atomic E-state index is 14.4. The van der Waals surface area contributed by atoms with Crippen molar-refractivity contribution in [3.05, 3.63) is 37.3 Å². The largest absolute Gasteiger partial charge is 0.525 e. The first-order valence-corrected chi connectivity index (χ1v) is 8.28. The number of hydrogen-bond donors (Lipinski definition) is 0. The molecule has 114 valence electrons. The summed E-state index contributed by atoms with van der Waals surface area (Å²) in [6, 6.07) is 2.92. The van der Waals surface area contributed by atoms with Crippen molar-refractivity contribution in [3.63, 3.8) is 0 Å². The van der Waals surface area contributed by atoms with Gasteiger partial charge in [0.25, 0.3) is 0 Å². The first kappa shape index (κ1) is 17.4. The molecule has 0 atom stereocenters. The van der Waals surface area contributed by atoms with Gasteiger partial charge in [0, 0.05) is 9.13 Å². The Bertz CT molecular complexity index is 589. The lowest BCUT2D eigenvalue weighted by molar-refractivity contribution is 0.00578. The van der Waals surface area contributed by atoms with Crippen LogP contribution in [0.3, 0.4) is 0 Å². The van der Waals surface area contributed by atoms with Crippen molar-refractivity contribution in [1.82, 2.24) is 0 Å². The fourth-order valence-corrected chi connectivity index (χ4v) is 3.27. The monoisotopic (exact) mass is 470 g/mol. The molecule has 0 N–H and O–H groups in total. The topological polar surface area (TPSA) is 18.5 Å². The average molecular weight is 471 g/mol. The van der Waals surface area contributed by atoms with Crippen LogP contribution in [0.2, 0.25) is 0 Å². The first-order valence-electron chi connectivity index (χ1n) is 6.41. The van der Waals surface area contributed by atoms with E-state index < -0.39 is 29.9 Å². The van der Waals surface area contributed by atoms with Crippen LogP contribution in [0.25, 0.3) is 6.08 Å². The lowest BCUT2D eigenvalue weighted by Gasteiger charge is -2.32. The molecule has 1 aromatic rings. The molecule has 21 heavy (non-hydrogen) atoms. The highest BCUT2D eigenvalue weighted by molar-refractivity contribution is 14.1. The van der Waals surface area contributed by atoms with Gasteiger partial charge in [-0.05, 0) is 84.4 Å². The van der Waals surface area contributed by atoms with Gasteiger partial charge in [-0.25, -0.2) is 8.78 Å². The Morgan fingerprint density at radius 1 is 1.24 bits per heavy atom. The van der Waals surface area contributed by atoms with E-state index in [9.17, 15) is 8.78 Å². The summed E-state index contributed by atoms with van der Waals surface area (Å²) in [5.74, 6) is -0.441. The van der Waals surface area contributed by atoms with Gasteiger partial charge in [-0.3, -0.25) is 0 Å². The van der Waals surface area contributed by atoms with Gasteiger partial charge in [0.1, 0.15) is 11.5 Å². The summed E-state index contributed by atoms with van der Waals surface area (Å²) in [6.45, 7) is 7.40. The van der Waals surface area contributed by atoms with Crippen molar-refractivity contribution >= 4 is 51.7 Å². The summed E-state index contributed by atoms with van der Waals surface area (Å²) >= 11 is 5.16. The standard InChI is InChI=1S/C14H15BBrF2IO2/c1-13(2)14(3,4)21-15(20-13)11(18)7-8-10(19)6-5-9(17)12(8)16/h5-7H,1-4H3. The van der Waals surface area contributed by atoms with Crippen LogP contribution in [0, 0.1) is 9.39 Å². The second-order valence-corrected chi connectivity index (χ2v) is 7.83. The third kappa shape index (κ3) is 3.35. The summed E-state index contributed by atoms with van der Waals surface area (Å²) in [4.78, 5) is 0. The van der Waals surface area contributed by atoms with E-state index in [4.69, 9.17) is 9.31 Å². The van der Waals surface area contributed by atoms with E-state index in [0.29, 0.717) is 5.56 Å². The first-order chi connectivity index (χ1) is 9.55. The average Bonchev–Trinajstić information content (AvgIpc) is 2.59. The third-order valence-corrected chi connectivity index (χ3v) is 5.59. The molecule has 1 saturated heterocycles. The van der Waals surface area contributed by atoms with E-state index in [2.05, 4.69) is 15.9 Å². The summed E-state index contributed by atoms with van der Waals surface area (Å²) in [5, 5.41) is 0. The highest BCUT2D eigenvalue weighted by Gasteiger charge is 2.53. The predicted octanol–water partition coefficient (Wildman–Crippen LogP) is 5.13. The molecule has 1 fully saturated rings. The molecule has 1 heterocycles. The Labute approximate surface area is 145 Å². The molecule has 7 heteroatoms. The van der Waals surface area contributed by atoms with E-state index in [1.165, 1.54) is 12.1 Å². The molecule has 0 bridgehead atoms. The minimum Gasteiger partial charge on any atom is -0.398 e. The van der Waals surface area contributed by atoms with E-state index in [-0.39, 0.29) is 4.47 Å². The van der Waals surface area contributed by atoms with Crippen LogP contribution in [-0.4, -0.2) is 18.3 Å². The van der Waals surface area contributed by atoms with E-state index >= 15 is 0 Å². The van der Waals surface area contributed by atoms with Crippen LogP contribution >= 0.6 is 38.5 Å². The zero-order chi connectivity index (χ0) is 16.0. The second kappa shape index (κ2) is 5.90. The molecule has 2 rings (SSSR count). The van der Waals surface area contributed by atoms with Crippen LogP contribution in [0.1, 0.15) is 33.3 Å². The van der Waals surface area contributed by atoms with E-state index in [0.717, 1.165) is 3.57 Å². The number of benzene rings is 1. The van der Waals surface area contributed by atoms with Gasteiger partial charge in [0.15, 0.2) is 0 Å². The zero-order valence-corrected chi connectivity index (χ0v) is 15.9. The van der Waals surface area contributed by atoms with Gasteiger partial charge in [-0.1, -0.05) is 0 Å². The normalized spacial score (nSPS) is 21.0. The minimum atomic E-state index is -1.08. The van der Waals surface area contributed by atoms with Crippen molar-refractivity contribution in [3.8, 4) is 0 Å². The van der Waals surface area contributed by atoms with Gasteiger partial charge in [-0.15, -0.1) is 0 Å². The van der Waals surface area contributed by atoms with Crippen LogP contribution in [0.4, 0.5) is 8.78 Å². The molecule has 0 saturated carbocycles. The van der Waals surface area contributed by atoms with Gasteiger partial charge < -0.3 is 9.31 Å². The Hall–Kier alpha value is 0.0149. The molecule has 0 aromatic heterocycles. The molecule has 1 aliphatic heterocycles. The summed E-state index contributed by atoms with van der Waals surface area (Å²) in [6.07, 6.45) is 1.25. The van der Waals surface area contributed by atoms with Crippen LogP contribution < -0.4 is 0 Å². The minimum absolute atomic E-state index is 0.223. The summed E-state index contributed by atoms with van der Waals surface area (Å²) < 4.78 is 40.2. The van der Waals surface area contributed by atoms with Crippen molar-refractivity contribution in [2.45, 2.75) is 38.9 Å². The van der Waals surface area contributed by atoms with Gasteiger partial charge in [-0.2, -0.15) is 0 Å². The van der Waals surface area contributed by atoms with Crippen molar-refractivity contribution < 1.29 is 18.1 Å². The van der Waals surface area contributed by atoms with Crippen LogP contribution in [0.5, 0.6) is 0 Å². The van der Waals surface area contributed by atoms with Crippen molar-refractivity contribution in [2.24, 2.45) is 0 Å². The van der Waals surface area contributed by atoms with E-state index in [1.54, 1.807) is 6.07 Å². The quantitative estimate of drug-likeness (QED) is 0.339. The number of rotatable bonds is 2. The van der Waals surface area contributed by atoms with Crippen molar-refractivity contribution in [1.29, 1.82) is 0 Å². The Kier molecular flexibility index (Phi) is 4.88. The molecule has 2 nitrogen and oxygen atoms in total. The molecule has 1 aromatic carbocycles. The zero-order valence-electron chi connectivity index (χ0n) is 12.1. The van der Waals surface area contributed by atoms with Crippen LogP contribution in [-0.2, 0) is 9.31 Å². The molecule has 0 unspecified atom stereocenters. The third-order valence-electron chi connectivity index (χ3n) is 3.84. The molecular weight excluding hydrogens is 456 g/mol. The smallest absolute Gasteiger partial charge is 0.398 e. The maximum absolute atomic E-state index is 14.4. The molecule has 1 aliphatic rings. The Balaban J connectivity index is 2.34. The lowest BCUT2D eigenvalue weighted by Crippen LogP contribution is -2.41. The molecule has 0 amide bonds. The van der Waals surface area contributed by atoms with E-state index in [1.807, 2.05) is 50.3 Å².